The normalized spacial score (nSPS) is 18.6. The van der Waals surface area contributed by atoms with Crippen molar-refractivity contribution >= 4 is 5.65 Å². The molecule has 3 nitrogen and oxygen atoms in total. The van der Waals surface area contributed by atoms with Gasteiger partial charge in [-0.25, -0.2) is 4.98 Å². The largest absolute Gasteiger partial charge is 0.324 e. The van der Waals surface area contributed by atoms with Crippen LogP contribution in [0.5, 0.6) is 0 Å². The summed E-state index contributed by atoms with van der Waals surface area (Å²) in [5.74, 6) is 0.705. The molecule has 2 aromatic rings. The Balaban J connectivity index is 2.03. The zero-order valence-electron chi connectivity index (χ0n) is 7.93. The fraction of sp³-hybridized carbons (Fsp3) is 0.364. The summed E-state index contributed by atoms with van der Waals surface area (Å²) in [4.78, 5) is 4.20. The minimum absolute atomic E-state index is 0.210. The summed E-state index contributed by atoms with van der Waals surface area (Å²) < 4.78 is 2.03. The molecule has 3 rings (SSSR count). The highest BCUT2D eigenvalue weighted by molar-refractivity contribution is 5.40. The molecule has 0 radical (unpaired) electrons. The molecule has 0 aromatic carbocycles. The standard InChI is InChI=1S/C11H13N3/c12-11(8-1-2-8)9-3-4-10-13-5-6-14(10)7-9/h3-8,11H,1-2,12H2/t11-/m1/s1. The first kappa shape index (κ1) is 8.00. The van der Waals surface area contributed by atoms with Crippen molar-refractivity contribution in [2.45, 2.75) is 18.9 Å². The number of imidazole rings is 1. The van der Waals surface area contributed by atoms with E-state index in [1.165, 1.54) is 18.4 Å². The molecule has 0 bridgehead atoms. The Morgan fingerprint density at radius 2 is 2.29 bits per heavy atom. The van der Waals surface area contributed by atoms with Gasteiger partial charge < -0.3 is 10.1 Å². The van der Waals surface area contributed by atoms with E-state index < -0.39 is 0 Å². The molecule has 3 heteroatoms. The first-order valence-corrected chi connectivity index (χ1v) is 5.03. The molecular formula is C11H13N3. The molecule has 0 aliphatic heterocycles. The Labute approximate surface area is 82.6 Å². The van der Waals surface area contributed by atoms with Crippen LogP contribution in [0.2, 0.25) is 0 Å². The van der Waals surface area contributed by atoms with Gasteiger partial charge >= 0.3 is 0 Å². The average molecular weight is 187 g/mol. The summed E-state index contributed by atoms with van der Waals surface area (Å²) in [6.45, 7) is 0. The number of pyridine rings is 1. The van der Waals surface area contributed by atoms with E-state index in [2.05, 4.69) is 17.2 Å². The molecule has 1 atom stereocenters. The molecule has 14 heavy (non-hydrogen) atoms. The molecule has 2 heterocycles. The van der Waals surface area contributed by atoms with Crippen molar-refractivity contribution in [3.8, 4) is 0 Å². The molecule has 1 fully saturated rings. The summed E-state index contributed by atoms with van der Waals surface area (Å²) in [5, 5.41) is 0. The molecular weight excluding hydrogens is 174 g/mol. The van der Waals surface area contributed by atoms with Gasteiger partial charge in [0.15, 0.2) is 0 Å². The predicted molar refractivity (Wildman–Crippen MR) is 54.8 cm³/mol. The van der Waals surface area contributed by atoms with E-state index in [0.29, 0.717) is 5.92 Å². The lowest BCUT2D eigenvalue weighted by atomic mass is 10.1. The molecule has 1 saturated carbocycles. The van der Waals surface area contributed by atoms with E-state index in [4.69, 9.17) is 5.73 Å². The van der Waals surface area contributed by atoms with Gasteiger partial charge in [0.1, 0.15) is 5.65 Å². The Hall–Kier alpha value is -1.35. The van der Waals surface area contributed by atoms with Crippen LogP contribution in [0.4, 0.5) is 0 Å². The Morgan fingerprint density at radius 1 is 1.43 bits per heavy atom. The molecule has 1 aliphatic rings. The fourth-order valence-corrected chi connectivity index (χ4v) is 1.86. The topological polar surface area (TPSA) is 43.3 Å². The van der Waals surface area contributed by atoms with E-state index in [0.717, 1.165) is 5.65 Å². The smallest absolute Gasteiger partial charge is 0.136 e. The van der Waals surface area contributed by atoms with Gasteiger partial charge in [-0.1, -0.05) is 6.07 Å². The average Bonchev–Trinajstić information content (AvgIpc) is 2.95. The van der Waals surface area contributed by atoms with E-state index >= 15 is 0 Å². The van der Waals surface area contributed by atoms with Crippen molar-refractivity contribution < 1.29 is 0 Å². The summed E-state index contributed by atoms with van der Waals surface area (Å²) >= 11 is 0. The van der Waals surface area contributed by atoms with E-state index in [1.54, 1.807) is 0 Å². The van der Waals surface area contributed by atoms with E-state index in [1.807, 2.05) is 22.9 Å². The summed E-state index contributed by atoms with van der Waals surface area (Å²) in [5.41, 5.74) is 8.33. The van der Waals surface area contributed by atoms with Crippen molar-refractivity contribution in [3.63, 3.8) is 0 Å². The maximum atomic E-state index is 6.13. The predicted octanol–water partition coefficient (Wildman–Crippen LogP) is 1.74. The van der Waals surface area contributed by atoms with Crippen LogP contribution < -0.4 is 5.73 Å². The SMILES string of the molecule is N[C@@H](c1ccc2nccn2c1)C1CC1. The van der Waals surface area contributed by atoms with Crippen LogP contribution >= 0.6 is 0 Å². The maximum Gasteiger partial charge on any atom is 0.136 e. The number of nitrogens with zero attached hydrogens (tertiary/aromatic N) is 2. The number of nitrogens with two attached hydrogens (primary N) is 1. The van der Waals surface area contributed by atoms with Gasteiger partial charge in [0.2, 0.25) is 0 Å². The van der Waals surface area contributed by atoms with Crippen LogP contribution in [0.15, 0.2) is 30.7 Å². The van der Waals surface area contributed by atoms with Crippen LogP contribution in [0, 0.1) is 5.92 Å². The second-order valence-electron chi connectivity index (χ2n) is 4.02. The zero-order valence-corrected chi connectivity index (χ0v) is 7.93. The molecule has 0 saturated heterocycles. The van der Waals surface area contributed by atoms with Crippen LogP contribution in [0.3, 0.4) is 0 Å². The number of fused-ring (bicyclic) bond motifs is 1. The highest BCUT2D eigenvalue weighted by Gasteiger charge is 2.29. The highest BCUT2D eigenvalue weighted by Crippen LogP contribution is 2.39. The second kappa shape index (κ2) is 2.82. The molecule has 0 spiro atoms. The maximum absolute atomic E-state index is 6.13. The monoisotopic (exact) mass is 187 g/mol. The fourth-order valence-electron chi connectivity index (χ4n) is 1.86. The number of hydrogen-bond acceptors (Lipinski definition) is 2. The van der Waals surface area contributed by atoms with Crippen molar-refractivity contribution in [2.24, 2.45) is 11.7 Å². The Morgan fingerprint density at radius 3 is 3.07 bits per heavy atom. The summed E-state index contributed by atoms with van der Waals surface area (Å²) in [7, 11) is 0. The number of rotatable bonds is 2. The van der Waals surface area contributed by atoms with Gasteiger partial charge in [-0.05, 0) is 30.4 Å². The van der Waals surface area contributed by atoms with Crippen molar-refractivity contribution in [1.29, 1.82) is 0 Å². The van der Waals surface area contributed by atoms with Crippen molar-refractivity contribution in [2.75, 3.05) is 0 Å². The van der Waals surface area contributed by atoms with Gasteiger partial charge in [-0.15, -0.1) is 0 Å². The zero-order chi connectivity index (χ0) is 9.54. The summed E-state index contributed by atoms with van der Waals surface area (Å²) in [6, 6.07) is 4.32. The molecule has 0 unspecified atom stereocenters. The minimum Gasteiger partial charge on any atom is -0.324 e. The number of hydrogen-bond donors (Lipinski definition) is 1. The molecule has 0 amide bonds. The second-order valence-corrected chi connectivity index (χ2v) is 4.02. The van der Waals surface area contributed by atoms with Gasteiger partial charge in [0, 0.05) is 24.6 Å². The molecule has 2 N–H and O–H groups in total. The quantitative estimate of drug-likeness (QED) is 0.778. The van der Waals surface area contributed by atoms with Gasteiger partial charge in [-0.2, -0.15) is 0 Å². The summed E-state index contributed by atoms with van der Waals surface area (Å²) in [6.07, 6.45) is 8.41. The van der Waals surface area contributed by atoms with E-state index in [9.17, 15) is 0 Å². The highest BCUT2D eigenvalue weighted by atomic mass is 15.0. The van der Waals surface area contributed by atoms with Crippen molar-refractivity contribution in [1.82, 2.24) is 9.38 Å². The number of aromatic nitrogens is 2. The third-order valence-corrected chi connectivity index (χ3v) is 2.93. The van der Waals surface area contributed by atoms with Gasteiger partial charge in [-0.3, -0.25) is 0 Å². The van der Waals surface area contributed by atoms with Gasteiger partial charge in [0.25, 0.3) is 0 Å². The molecule has 2 aromatic heterocycles. The van der Waals surface area contributed by atoms with Crippen LogP contribution in [-0.4, -0.2) is 9.38 Å². The first-order chi connectivity index (χ1) is 6.84. The first-order valence-electron chi connectivity index (χ1n) is 5.03. The van der Waals surface area contributed by atoms with Crippen LogP contribution in [0.1, 0.15) is 24.4 Å². The van der Waals surface area contributed by atoms with Crippen LogP contribution in [0.25, 0.3) is 5.65 Å². The lowest BCUT2D eigenvalue weighted by molar-refractivity contribution is 0.630. The Kier molecular flexibility index (Phi) is 1.61. The van der Waals surface area contributed by atoms with Crippen molar-refractivity contribution in [3.05, 3.63) is 36.3 Å². The minimum atomic E-state index is 0.210. The molecule has 1 aliphatic carbocycles. The third kappa shape index (κ3) is 1.21. The lowest BCUT2D eigenvalue weighted by Crippen LogP contribution is -2.12. The van der Waals surface area contributed by atoms with Gasteiger partial charge in [0.05, 0.1) is 0 Å². The Bertz CT molecular complexity index is 456. The van der Waals surface area contributed by atoms with Crippen LogP contribution in [-0.2, 0) is 0 Å². The lowest BCUT2D eigenvalue weighted by Gasteiger charge is -2.10. The molecule has 72 valence electrons. The third-order valence-electron chi connectivity index (χ3n) is 2.93. The van der Waals surface area contributed by atoms with E-state index in [-0.39, 0.29) is 6.04 Å².